The first kappa shape index (κ1) is 18.0. The van der Waals surface area contributed by atoms with Crippen molar-refractivity contribution >= 4 is 5.91 Å². The van der Waals surface area contributed by atoms with Crippen LogP contribution in [-0.2, 0) is 4.79 Å². The maximum absolute atomic E-state index is 12.2. The SMILES string of the molecule is O=C1CC(CN2CCN(C3CCCCC3)CC2)NC(c2ccccc2)N1. The minimum absolute atomic E-state index is 0.0639. The Kier molecular flexibility index (Phi) is 5.88. The number of carbonyl (C=O) groups is 1. The summed E-state index contributed by atoms with van der Waals surface area (Å²) in [7, 11) is 0. The van der Waals surface area contributed by atoms with E-state index in [1.165, 1.54) is 45.2 Å². The quantitative estimate of drug-likeness (QED) is 0.868. The summed E-state index contributed by atoms with van der Waals surface area (Å²) in [6.45, 7) is 5.60. The van der Waals surface area contributed by atoms with Crippen molar-refractivity contribution in [3.63, 3.8) is 0 Å². The number of benzene rings is 1. The molecule has 26 heavy (non-hydrogen) atoms. The van der Waals surface area contributed by atoms with Gasteiger partial charge in [-0.25, -0.2) is 0 Å². The van der Waals surface area contributed by atoms with Crippen LogP contribution in [0.15, 0.2) is 30.3 Å². The van der Waals surface area contributed by atoms with Gasteiger partial charge in [-0.3, -0.25) is 19.9 Å². The van der Waals surface area contributed by atoms with Gasteiger partial charge in [0.15, 0.2) is 0 Å². The Balaban J connectivity index is 1.28. The molecule has 3 aliphatic rings. The molecule has 1 aliphatic carbocycles. The molecule has 4 rings (SSSR count). The van der Waals surface area contributed by atoms with Gasteiger partial charge in [-0.05, 0) is 18.4 Å². The van der Waals surface area contributed by atoms with E-state index in [9.17, 15) is 4.79 Å². The molecule has 2 N–H and O–H groups in total. The van der Waals surface area contributed by atoms with Gasteiger partial charge in [-0.2, -0.15) is 0 Å². The van der Waals surface area contributed by atoms with Crippen molar-refractivity contribution in [3.8, 4) is 0 Å². The lowest BCUT2D eigenvalue weighted by molar-refractivity contribution is -0.124. The maximum Gasteiger partial charge on any atom is 0.223 e. The Morgan fingerprint density at radius 1 is 0.962 bits per heavy atom. The fraction of sp³-hybridized carbons (Fsp3) is 0.667. The molecule has 2 unspecified atom stereocenters. The van der Waals surface area contributed by atoms with Gasteiger partial charge in [0.25, 0.3) is 0 Å². The number of hydrogen-bond donors (Lipinski definition) is 2. The Labute approximate surface area is 157 Å². The van der Waals surface area contributed by atoms with E-state index in [0.29, 0.717) is 6.42 Å². The zero-order valence-corrected chi connectivity index (χ0v) is 15.7. The standard InChI is InChI=1S/C21H32N4O/c26-20-15-18(22-21(23-20)17-7-3-1-4-8-17)16-24-11-13-25(14-12-24)19-9-5-2-6-10-19/h1,3-4,7-8,18-19,21-22H,2,5-6,9-16H2,(H,23,26). The largest absolute Gasteiger partial charge is 0.337 e. The van der Waals surface area contributed by atoms with Crippen molar-refractivity contribution in [1.82, 2.24) is 20.4 Å². The molecule has 1 aromatic carbocycles. The summed E-state index contributed by atoms with van der Waals surface area (Å²) >= 11 is 0. The highest BCUT2D eigenvalue weighted by Gasteiger charge is 2.30. The lowest BCUT2D eigenvalue weighted by Crippen LogP contribution is -2.57. The number of hydrogen-bond acceptors (Lipinski definition) is 4. The second kappa shape index (κ2) is 8.51. The third-order valence-corrected chi connectivity index (χ3v) is 6.25. The number of piperazine rings is 1. The molecule has 1 aromatic rings. The normalized spacial score (nSPS) is 29.5. The van der Waals surface area contributed by atoms with E-state index in [4.69, 9.17) is 0 Å². The molecular formula is C21H32N4O. The van der Waals surface area contributed by atoms with Crippen LogP contribution in [0.4, 0.5) is 0 Å². The summed E-state index contributed by atoms with van der Waals surface area (Å²) < 4.78 is 0. The van der Waals surface area contributed by atoms with Gasteiger partial charge in [0, 0.05) is 51.2 Å². The van der Waals surface area contributed by atoms with Crippen LogP contribution in [0.2, 0.25) is 0 Å². The highest BCUT2D eigenvalue weighted by molar-refractivity contribution is 5.78. The van der Waals surface area contributed by atoms with Crippen LogP contribution in [0.3, 0.4) is 0 Å². The molecule has 2 saturated heterocycles. The van der Waals surface area contributed by atoms with Crippen molar-refractivity contribution < 1.29 is 4.79 Å². The second-order valence-corrected chi connectivity index (χ2v) is 8.11. The van der Waals surface area contributed by atoms with Crippen molar-refractivity contribution in [2.24, 2.45) is 0 Å². The third kappa shape index (κ3) is 4.45. The first-order chi connectivity index (χ1) is 12.8. The zero-order valence-electron chi connectivity index (χ0n) is 15.7. The number of carbonyl (C=O) groups excluding carboxylic acids is 1. The average Bonchev–Trinajstić information content (AvgIpc) is 2.69. The zero-order chi connectivity index (χ0) is 17.8. The maximum atomic E-state index is 12.2. The van der Waals surface area contributed by atoms with Gasteiger partial charge in [0.05, 0.1) is 0 Å². The van der Waals surface area contributed by atoms with Gasteiger partial charge in [0.1, 0.15) is 6.17 Å². The molecule has 3 fully saturated rings. The van der Waals surface area contributed by atoms with Crippen LogP contribution < -0.4 is 10.6 Å². The molecule has 0 aromatic heterocycles. The van der Waals surface area contributed by atoms with E-state index in [1.807, 2.05) is 18.2 Å². The molecule has 2 heterocycles. The third-order valence-electron chi connectivity index (χ3n) is 6.25. The summed E-state index contributed by atoms with van der Waals surface area (Å²) in [6, 6.07) is 11.3. The minimum Gasteiger partial charge on any atom is -0.337 e. The van der Waals surface area contributed by atoms with Gasteiger partial charge in [-0.15, -0.1) is 0 Å². The number of nitrogens with zero attached hydrogens (tertiary/aromatic N) is 2. The molecule has 1 amide bonds. The molecule has 1 saturated carbocycles. The summed E-state index contributed by atoms with van der Waals surface area (Å²) in [6.07, 6.45) is 7.54. The molecule has 5 heteroatoms. The van der Waals surface area contributed by atoms with E-state index >= 15 is 0 Å². The summed E-state index contributed by atoms with van der Waals surface area (Å²) in [5.74, 6) is 0.156. The lowest BCUT2D eigenvalue weighted by atomic mass is 9.94. The highest BCUT2D eigenvalue weighted by atomic mass is 16.2. The van der Waals surface area contributed by atoms with Crippen LogP contribution in [0, 0.1) is 0 Å². The van der Waals surface area contributed by atoms with E-state index < -0.39 is 0 Å². The molecule has 2 atom stereocenters. The predicted molar refractivity (Wildman–Crippen MR) is 104 cm³/mol. The minimum atomic E-state index is -0.0639. The Bertz CT molecular complexity index is 579. The number of nitrogens with one attached hydrogen (secondary N) is 2. The van der Waals surface area contributed by atoms with Crippen LogP contribution in [0.25, 0.3) is 0 Å². The molecule has 0 bridgehead atoms. The predicted octanol–water partition coefficient (Wildman–Crippen LogP) is 2.11. The number of amides is 1. The topological polar surface area (TPSA) is 47.6 Å². The monoisotopic (exact) mass is 356 g/mol. The van der Waals surface area contributed by atoms with Gasteiger partial charge >= 0.3 is 0 Å². The Morgan fingerprint density at radius 2 is 1.69 bits per heavy atom. The second-order valence-electron chi connectivity index (χ2n) is 8.11. The van der Waals surface area contributed by atoms with Crippen molar-refractivity contribution in [1.29, 1.82) is 0 Å². The first-order valence-corrected chi connectivity index (χ1v) is 10.3. The fourth-order valence-corrected chi connectivity index (χ4v) is 4.79. The van der Waals surface area contributed by atoms with Crippen molar-refractivity contribution in [2.45, 2.75) is 56.8 Å². The molecule has 5 nitrogen and oxygen atoms in total. The summed E-state index contributed by atoms with van der Waals surface area (Å²) in [4.78, 5) is 17.4. The van der Waals surface area contributed by atoms with Crippen LogP contribution >= 0.6 is 0 Å². The van der Waals surface area contributed by atoms with Crippen LogP contribution in [-0.4, -0.2) is 60.5 Å². The molecule has 142 valence electrons. The van der Waals surface area contributed by atoms with E-state index in [0.717, 1.165) is 31.2 Å². The van der Waals surface area contributed by atoms with E-state index in [2.05, 4.69) is 32.6 Å². The first-order valence-electron chi connectivity index (χ1n) is 10.3. The van der Waals surface area contributed by atoms with Crippen LogP contribution in [0.5, 0.6) is 0 Å². The smallest absolute Gasteiger partial charge is 0.223 e. The van der Waals surface area contributed by atoms with Gasteiger partial charge in [0.2, 0.25) is 5.91 Å². The molecule has 2 aliphatic heterocycles. The summed E-state index contributed by atoms with van der Waals surface area (Å²) in [5, 5.41) is 6.71. The Hall–Kier alpha value is -1.43. The molecular weight excluding hydrogens is 324 g/mol. The molecule has 0 spiro atoms. The molecule has 0 radical (unpaired) electrons. The van der Waals surface area contributed by atoms with Crippen molar-refractivity contribution in [3.05, 3.63) is 35.9 Å². The van der Waals surface area contributed by atoms with Gasteiger partial charge < -0.3 is 5.32 Å². The van der Waals surface area contributed by atoms with E-state index in [-0.39, 0.29) is 18.1 Å². The highest BCUT2D eigenvalue weighted by Crippen LogP contribution is 2.24. The van der Waals surface area contributed by atoms with Crippen molar-refractivity contribution in [2.75, 3.05) is 32.7 Å². The van der Waals surface area contributed by atoms with E-state index in [1.54, 1.807) is 0 Å². The average molecular weight is 357 g/mol. The Morgan fingerprint density at radius 3 is 2.42 bits per heavy atom. The summed E-state index contributed by atoms with van der Waals surface area (Å²) in [5.41, 5.74) is 1.13. The lowest BCUT2D eigenvalue weighted by Gasteiger charge is -2.42. The number of rotatable bonds is 4. The van der Waals surface area contributed by atoms with Crippen LogP contribution in [0.1, 0.15) is 50.3 Å². The fourth-order valence-electron chi connectivity index (χ4n) is 4.79. The van der Waals surface area contributed by atoms with Gasteiger partial charge in [-0.1, -0.05) is 49.6 Å².